The van der Waals surface area contributed by atoms with Crippen molar-refractivity contribution in [3.8, 4) is 11.8 Å². The Morgan fingerprint density at radius 2 is 1.42 bits per heavy atom. The predicted octanol–water partition coefficient (Wildman–Crippen LogP) is 12.2. The molecule has 0 radical (unpaired) electrons. The Morgan fingerprint density at radius 1 is 0.818 bits per heavy atom. The van der Waals surface area contributed by atoms with Gasteiger partial charge in [-0.05, 0) is 102 Å². The third-order valence-corrected chi connectivity index (χ3v) is 23.4. The highest BCUT2D eigenvalue weighted by atomic mass is 28.4. The molecule has 9 heteroatoms. The van der Waals surface area contributed by atoms with Crippen molar-refractivity contribution in [2.24, 2.45) is 17.3 Å². The quantitative estimate of drug-likeness (QED) is 0.0558. The summed E-state index contributed by atoms with van der Waals surface area (Å²) in [5.74, 6) is 6.85. The largest absolute Gasteiger partial charge is 0.414 e. The van der Waals surface area contributed by atoms with Gasteiger partial charge < -0.3 is 23.1 Å². The molecular formula is C46H85NO6Si2. The number of rotatable bonds is 19. The molecule has 0 amide bonds. The molecule has 2 bridgehead atoms. The molecule has 55 heavy (non-hydrogen) atoms. The average Bonchev–Trinajstić information content (AvgIpc) is 3.42. The lowest BCUT2D eigenvalue weighted by Gasteiger charge is -2.52. The van der Waals surface area contributed by atoms with Crippen LogP contribution in [0.4, 0.5) is 0 Å². The van der Waals surface area contributed by atoms with E-state index in [4.69, 9.17) is 27.9 Å². The Bertz CT molecular complexity index is 1240. The van der Waals surface area contributed by atoms with E-state index in [1.54, 1.807) is 0 Å². The first-order valence-corrected chi connectivity index (χ1v) is 28.0. The minimum atomic E-state index is -2.08. The van der Waals surface area contributed by atoms with Crippen LogP contribution in [0.25, 0.3) is 0 Å². The van der Waals surface area contributed by atoms with E-state index in [0.29, 0.717) is 26.2 Å². The molecule has 318 valence electrons. The lowest BCUT2D eigenvalue weighted by atomic mass is 9.82. The Hall–Kier alpha value is -0.546. The molecule has 0 aromatic heterocycles. The van der Waals surface area contributed by atoms with Crippen molar-refractivity contribution < 1.29 is 27.9 Å². The van der Waals surface area contributed by atoms with E-state index < -0.39 is 22.6 Å². The van der Waals surface area contributed by atoms with E-state index in [2.05, 4.69) is 125 Å². The van der Waals surface area contributed by atoms with Gasteiger partial charge in [0.05, 0.1) is 38.1 Å². The fourth-order valence-electron chi connectivity index (χ4n) is 9.18. The first-order chi connectivity index (χ1) is 25.7. The molecule has 1 aliphatic carbocycles. The smallest absolute Gasteiger partial charge is 0.282 e. The second-order valence-corrected chi connectivity index (χ2v) is 30.3. The van der Waals surface area contributed by atoms with Crippen LogP contribution < -0.4 is 0 Å². The highest BCUT2D eigenvalue weighted by Gasteiger charge is 2.51. The molecule has 5 fully saturated rings. The van der Waals surface area contributed by atoms with Crippen molar-refractivity contribution in [1.82, 2.24) is 5.06 Å². The number of piperidine rings is 1. The van der Waals surface area contributed by atoms with Gasteiger partial charge in [-0.25, -0.2) is 0 Å². The first-order valence-electron chi connectivity index (χ1n) is 22.6. The number of hydroxylamine groups is 2. The van der Waals surface area contributed by atoms with Gasteiger partial charge in [-0.15, -0.1) is 11.8 Å². The second kappa shape index (κ2) is 19.2. The number of hydrogen-bond acceptors (Lipinski definition) is 7. The molecule has 5 atom stereocenters. The minimum absolute atomic E-state index is 0.00995. The van der Waals surface area contributed by atoms with E-state index in [1.165, 1.54) is 19.3 Å². The van der Waals surface area contributed by atoms with Crippen molar-refractivity contribution in [1.29, 1.82) is 0 Å². The van der Waals surface area contributed by atoms with Crippen molar-refractivity contribution in [2.45, 2.75) is 232 Å². The average molecular weight is 804 g/mol. The van der Waals surface area contributed by atoms with E-state index in [1.807, 2.05) is 0 Å². The number of hydrogen-bond donors (Lipinski definition) is 0. The fraction of sp³-hybridized carbons (Fsp3) is 0.913. The number of unbranched alkanes of at least 4 members (excludes halogenated alkanes) is 3. The number of ether oxygens (including phenoxy) is 3. The zero-order valence-electron chi connectivity index (χ0n) is 38.2. The van der Waals surface area contributed by atoms with Crippen molar-refractivity contribution in [3.63, 3.8) is 0 Å². The maximum Gasteiger partial charge on any atom is 0.282 e. The standard InChI is InChI=1S/C46H85NO6Si2/c1-15-19-22-26-37(51-47-43(8,9)30-25-31-44(47,10)11)28-29-39-38(27-23-20-21-24-32-46-48-34-45(12,35-49-46)36-50-46)41(53-55(16-2,17-3)18-4)33-40(39)52-54(13,14)42(5,6)7/h28-29,37-41H,15-19,21-22,24-27,30-36H2,1-14H3/b29-28+/t37?,38-,39+,40+,41-,45?,46?/m0/s1. The molecular weight excluding hydrogens is 719 g/mol. The van der Waals surface area contributed by atoms with Crippen LogP contribution in [0.3, 0.4) is 0 Å². The second-order valence-electron chi connectivity index (χ2n) is 20.9. The normalized spacial score (nSPS) is 31.8. The van der Waals surface area contributed by atoms with Gasteiger partial charge in [0.15, 0.2) is 16.6 Å². The van der Waals surface area contributed by atoms with E-state index >= 15 is 0 Å². The van der Waals surface area contributed by atoms with Crippen LogP contribution in [0.15, 0.2) is 12.2 Å². The summed E-state index contributed by atoms with van der Waals surface area (Å²) in [7, 11) is -3.97. The van der Waals surface area contributed by atoms with Gasteiger partial charge in [0.25, 0.3) is 5.97 Å². The maximum absolute atomic E-state index is 7.46. The lowest BCUT2D eigenvalue weighted by Crippen LogP contribution is -2.59. The van der Waals surface area contributed by atoms with Crippen LogP contribution in [-0.4, -0.2) is 76.9 Å². The Balaban J connectivity index is 1.63. The van der Waals surface area contributed by atoms with Gasteiger partial charge in [-0.1, -0.05) is 86.8 Å². The van der Waals surface area contributed by atoms with Gasteiger partial charge in [-0.3, -0.25) is 4.84 Å². The van der Waals surface area contributed by atoms with Crippen LogP contribution in [0.1, 0.15) is 160 Å². The van der Waals surface area contributed by atoms with E-state index in [9.17, 15) is 0 Å². The van der Waals surface area contributed by atoms with Gasteiger partial charge in [0, 0.05) is 47.6 Å². The Labute approximate surface area is 341 Å². The number of nitrogens with zero attached hydrogens (tertiary/aromatic N) is 1. The molecule has 0 spiro atoms. The SMILES string of the molecule is CCCCCC(/C=C/[C@@H]1[C@H](CC#CCCCC23OCC(C)(CO2)CO3)[C@@H](O[Si](CC)(CC)CC)C[C@H]1O[Si](C)(C)C(C)(C)C)ON1C(C)(C)CCCC1(C)C. The van der Waals surface area contributed by atoms with Gasteiger partial charge >= 0.3 is 0 Å². The Kier molecular flexibility index (Phi) is 16.5. The summed E-state index contributed by atoms with van der Waals surface area (Å²) in [5.41, 5.74) is -0.0390. The third kappa shape index (κ3) is 12.0. The summed E-state index contributed by atoms with van der Waals surface area (Å²) in [6.07, 6.45) is 17.5. The summed E-state index contributed by atoms with van der Waals surface area (Å²) in [6.45, 7) is 34.9. The zero-order valence-corrected chi connectivity index (χ0v) is 40.2. The van der Waals surface area contributed by atoms with Crippen LogP contribution >= 0.6 is 0 Å². The minimum Gasteiger partial charge on any atom is -0.414 e. The highest BCUT2D eigenvalue weighted by molar-refractivity contribution is 6.74. The fourth-order valence-corrected chi connectivity index (χ4v) is 13.5. The monoisotopic (exact) mass is 804 g/mol. The summed E-state index contributed by atoms with van der Waals surface area (Å²) in [6, 6.07) is 3.43. The van der Waals surface area contributed by atoms with Crippen LogP contribution in [-0.2, 0) is 27.9 Å². The van der Waals surface area contributed by atoms with Crippen LogP contribution in [0.2, 0.25) is 36.3 Å². The van der Waals surface area contributed by atoms with Crippen LogP contribution in [0.5, 0.6) is 0 Å². The van der Waals surface area contributed by atoms with Gasteiger partial charge in [-0.2, -0.15) is 5.06 Å². The molecule has 5 rings (SSSR count). The van der Waals surface area contributed by atoms with E-state index in [-0.39, 0.29) is 51.7 Å². The maximum atomic E-state index is 7.46. The van der Waals surface area contributed by atoms with Crippen molar-refractivity contribution in [3.05, 3.63) is 12.2 Å². The van der Waals surface area contributed by atoms with Crippen molar-refractivity contribution in [2.75, 3.05) is 19.8 Å². The third-order valence-electron chi connectivity index (χ3n) is 14.2. The van der Waals surface area contributed by atoms with Gasteiger partial charge in [0.1, 0.15) is 0 Å². The molecule has 1 unspecified atom stereocenters. The molecule has 0 aromatic rings. The lowest BCUT2D eigenvalue weighted by molar-refractivity contribution is -0.467. The molecule has 4 saturated heterocycles. The predicted molar refractivity (Wildman–Crippen MR) is 233 cm³/mol. The topological polar surface area (TPSA) is 58.6 Å². The summed E-state index contributed by atoms with van der Waals surface area (Å²) in [5, 5.41) is 2.48. The summed E-state index contributed by atoms with van der Waals surface area (Å²) < 4.78 is 33.0. The molecule has 1 saturated carbocycles. The number of fused-ring (bicyclic) bond motifs is 3. The van der Waals surface area contributed by atoms with Crippen molar-refractivity contribution >= 4 is 16.6 Å². The molecule has 4 aliphatic heterocycles. The summed E-state index contributed by atoms with van der Waals surface area (Å²) in [4.78, 5) is 7.15. The van der Waals surface area contributed by atoms with Crippen LogP contribution in [0, 0.1) is 29.1 Å². The molecule has 5 aliphatic rings. The summed E-state index contributed by atoms with van der Waals surface area (Å²) >= 11 is 0. The van der Waals surface area contributed by atoms with Gasteiger partial charge in [0.2, 0.25) is 0 Å². The Morgan fingerprint density at radius 3 is 1.96 bits per heavy atom. The molecule has 7 nitrogen and oxygen atoms in total. The molecule has 0 N–H and O–H groups in total. The van der Waals surface area contributed by atoms with E-state index in [0.717, 1.165) is 69.5 Å². The highest BCUT2D eigenvalue weighted by Crippen LogP contribution is 2.47. The first kappa shape index (κ1) is 47.1. The molecule has 4 heterocycles. The zero-order chi connectivity index (χ0) is 40.8. The molecule has 0 aromatic carbocycles.